The summed E-state index contributed by atoms with van der Waals surface area (Å²) in [7, 11) is 0. The third kappa shape index (κ3) is 3.92. The molecule has 28 heavy (non-hydrogen) atoms. The number of halogens is 4. The predicted octanol–water partition coefficient (Wildman–Crippen LogP) is 5.67. The summed E-state index contributed by atoms with van der Waals surface area (Å²) in [5.41, 5.74) is 0.151. The number of carboxylic acid groups (broad SMARTS) is 1. The first-order valence-electron chi connectivity index (χ1n) is 8.06. The van der Waals surface area contributed by atoms with Gasteiger partial charge in [0, 0.05) is 21.8 Å². The fourth-order valence-electron chi connectivity index (χ4n) is 2.88. The SMILES string of the molecule is Cc1cc(-c2ccc(Cl)c(Cl)c2)c(C(=O)O)c(=O)n1Cc1ccc(Cl)cc1F. The highest BCUT2D eigenvalue weighted by atomic mass is 35.5. The average molecular weight is 441 g/mol. The molecule has 0 unspecified atom stereocenters. The molecule has 0 bridgehead atoms. The molecule has 0 fully saturated rings. The zero-order valence-electron chi connectivity index (χ0n) is 14.5. The molecular formula is C20H13Cl3FNO3. The Morgan fingerprint density at radius 3 is 2.39 bits per heavy atom. The Morgan fingerprint density at radius 1 is 1.07 bits per heavy atom. The average Bonchev–Trinajstić information content (AvgIpc) is 2.61. The van der Waals surface area contributed by atoms with E-state index in [1.54, 1.807) is 19.1 Å². The molecule has 0 atom stereocenters. The van der Waals surface area contributed by atoms with Crippen molar-refractivity contribution in [2.24, 2.45) is 0 Å². The molecule has 3 rings (SSSR count). The summed E-state index contributed by atoms with van der Waals surface area (Å²) < 4.78 is 15.3. The van der Waals surface area contributed by atoms with E-state index in [0.29, 0.717) is 16.3 Å². The van der Waals surface area contributed by atoms with Gasteiger partial charge in [-0.05, 0) is 42.8 Å². The van der Waals surface area contributed by atoms with Crippen molar-refractivity contribution in [2.75, 3.05) is 0 Å². The van der Waals surface area contributed by atoms with Crippen LogP contribution in [-0.4, -0.2) is 15.6 Å². The van der Waals surface area contributed by atoms with Crippen molar-refractivity contribution < 1.29 is 14.3 Å². The zero-order valence-corrected chi connectivity index (χ0v) is 16.7. The van der Waals surface area contributed by atoms with Gasteiger partial charge in [0.2, 0.25) is 0 Å². The van der Waals surface area contributed by atoms with Crippen molar-refractivity contribution in [3.05, 3.63) is 90.5 Å². The third-order valence-corrected chi connectivity index (χ3v) is 5.27. The van der Waals surface area contributed by atoms with Crippen molar-refractivity contribution in [1.29, 1.82) is 0 Å². The zero-order chi connectivity index (χ0) is 20.6. The molecule has 0 aliphatic carbocycles. The van der Waals surface area contributed by atoms with Crippen molar-refractivity contribution in [1.82, 2.24) is 4.57 Å². The molecule has 1 aromatic heterocycles. The quantitative estimate of drug-likeness (QED) is 0.569. The highest BCUT2D eigenvalue weighted by Crippen LogP contribution is 2.30. The predicted molar refractivity (Wildman–Crippen MR) is 108 cm³/mol. The first-order chi connectivity index (χ1) is 13.2. The van der Waals surface area contributed by atoms with E-state index in [1.165, 1.54) is 28.8 Å². The van der Waals surface area contributed by atoms with Gasteiger partial charge in [0.25, 0.3) is 5.56 Å². The summed E-state index contributed by atoms with van der Waals surface area (Å²) >= 11 is 17.7. The molecule has 2 aromatic carbocycles. The Bertz CT molecular complexity index is 1160. The van der Waals surface area contributed by atoms with Gasteiger partial charge in [0.1, 0.15) is 11.4 Å². The fraction of sp³-hybridized carbons (Fsp3) is 0.100. The van der Waals surface area contributed by atoms with Crippen LogP contribution in [0.1, 0.15) is 21.6 Å². The lowest BCUT2D eigenvalue weighted by Crippen LogP contribution is -2.29. The Kier molecular flexibility index (Phi) is 5.79. The summed E-state index contributed by atoms with van der Waals surface area (Å²) in [6.07, 6.45) is 0. The van der Waals surface area contributed by atoms with E-state index in [0.717, 1.165) is 6.07 Å². The van der Waals surface area contributed by atoms with Crippen LogP contribution in [0.2, 0.25) is 15.1 Å². The molecule has 1 heterocycles. The largest absolute Gasteiger partial charge is 0.477 e. The maximum absolute atomic E-state index is 14.1. The Hall–Kier alpha value is -2.34. The number of rotatable bonds is 4. The Morgan fingerprint density at radius 2 is 1.79 bits per heavy atom. The molecule has 8 heteroatoms. The highest BCUT2D eigenvalue weighted by Gasteiger charge is 2.21. The van der Waals surface area contributed by atoms with Crippen LogP contribution in [0, 0.1) is 12.7 Å². The van der Waals surface area contributed by atoms with E-state index >= 15 is 0 Å². The number of benzene rings is 2. The van der Waals surface area contributed by atoms with E-state index in [-0.39, 0.29) is 27.7 Å². The molecule has 0 amide bonds. The van der Waals surface area contributed by atoms with Gasteiger partial charge < -0.3 is 9.67 Å². The summed E-state index contributed by atoms with van der Waals surface area (Å²) in [5, 5.41) is 10.4. The van der Waals surface area contributed by atoms with Gasteiger partial charge in [-0.15, -0.1) is 0 Å². The van der Waals surface area contributed by atoms with Crippen molar-refractivity contribution in [3.63, 3.8) is 0 Å². The number of hydrogen-bond acceptors (Lipinski definition) is 2. The smallest absolute Gasteiger partial charge is 0.341 e. The number of aromatic nitrogens is 1. The fourth-order valence-corrected chi connectivity index (χ4v) is 3.34. The van der Waals surface area contributed by atoms with Crippen LogP contribution in [-0.2, 0) is 6.54 Å². The lowest BCUT2D eigenvalue weighted by atomic mass is 10.00. The summed E-state index contributed by atoms with van der Waals surface area (Å²) in [6.45, 7) is 1.51. The number of aromatic carboxylic acids is 1. The van der Waals surface area contributed by atoms with Gasteiger partial charge in [-0.3, -0.25) is 4.79 Å². The molecule has 0 saturated carbocycles. The van der Waals surface area contributed by atoms with Gasteiger partial charge in [-0.25, -0.2) is 9.18 Å². The first-order valence-corrected chi connectivity index (χ1v) is 9.19. The van der Waals surface area contributed by atoms with Crippen molar-refractivity contribution in [2.45, 2.75) is 13.5 Å². The van der Waals surface area contributed by atoms with Gasteiger partial charge in [0.05, 0.1) is 16.6 Å². The molecule has 0 aliphatic rings. The summed E-state index contributed by atoms with van der Waals surface area (Å²) in [5.74, 6) is -1.97. The maximum atomic E-state index is 14.1. The second kappa shape index (κ2) is 7.95. The van der Waals surface area contributed by atoms with E-state index in [4.69, 9.17) is 34.8 Å². The highest BCUT2D eigenvalue weighted by molar-refractivity contribution is 6.42. The number of hydrogen-bond donors (Lipinski definition) is 1. The van der Waals surface area contributed by atoms with Crippen LogP contribution in [0.15, 0.2) is 47.3 Å². The van der Waals surface area contributed by atoms with Crippen LogP contribution in [0.3, 0.4) is 0 Å². The standard InChI is InChI=1S/C20H13Cl3FNO3/c1-10-6-14(11-3-5-15(22)16(23)7-11)18(20(27)28)19(26)25(10)9-12-2-4-13(21)8-17(12)24/h2-8H,9H2,1H3,(H,27,28). The molecule has 4 nitrogen and oxygen atoms in total. The Labute approximate surface area is 174 Å². The Balaban J connectivity index is 2.19. The molecule has 0 spiro atoms. The molecule has 0 aliphatic heterocycles. The topological polar surface area (TPSA) is 59.3 Å². The van der Waals surface area contributed by atoms with Crippen LogP contribution >= 0.6 is 34.8 Å². The van der Waals surface area contributed by atoms with Crippen LogP contribution < -0.4 is 5.56 Å². The summed E-state index contributed by atoms with van der Waals surface area (Å²) in [6, 6.07) is 10.2. The van der Waals surface area contributed by atoms with E-state index in [1.807, 2.05) is 0 Å². The van der Waals surface area contributed by atoms with E-state index in [9.17, 15) is 19.1 Å². The van der Waals surface area contributed by atoms with Gasteiger partial charge >= 0.3 is 5.97 Å². The number of carboxylic acids is 1. The minimum atomic E-state index is -1.39. The van der Waals surface area contributed by atoms with Gasteiger partial charge in [-0.2, -0.15) is 0 Å². The number of carbonyl (C=O) groups is 1. The second-order valence-corrected chi connectivity index (χ2v) is 7.39. The number of pyridine rings is 1. The number of nitrogens with zero attached hydrogens (tertiary/aromatic N) is 1. The number of aryl methyl sites for hydroxylation is 1. The van der Waals surface area contributed by atoms with Crippen molar-refractivity contribution in [3.8, 4) is 11.1 Å². The lowest BCUT2D eigenvalue weighted by Gasteiger charge is -2.15. The van der Waals surface area contributed by atoms with Crippen LogP contribution in [0.25, 0.3) is 11.1 Å². The monoisotopic (exact) mass is 439 g/mol. The first kappa shape index (κ1) is 20.4. The van der Waals surface area contributed by atoms with Crippen molar-refractivity contribution >= 4 is 40.8 Å². The lowest BCUT2D eigenvalue weighted by molar-refractivity contribution is 0.0695. The van der Waals surface area contributed by atoms with Crippen LogP contribution in [0.4, 0.5) is 4.39 Å². The minimum absolute atomic E-state index is 0.129. The minimum Gasteiger partial charge on any atom is -0.477 e. The van der Waals surface area contributed by atoms with Crippen LogP contribution in [0.5, 0.6) is 0 Å². The third-order valence-electron chi connectivity index (χ3n) is 4.30. The molecule has 0 radical (unpaired) electrons. The van der Waals surface area contributed by atoms with E-state index < -0.39 is 22.9 Å². The second-order valence-electron chi connectivity index (χ2n) is 6.14. The molecule has 144 valence electrons. The molecule has 0 saturated heterocycles. The molecule has 1 N–H and O–H groups in total. The van der Waals surface area contributed by atoms with Gasteiger partial charge in [-0.1, -0.05) is 46.9 Å². The molecule has 3 aromatic rings. The maximum Gasteiger partial charge on any atom is 0.341 e. The normalized spacial score (nSPS) is 10.9. The summed E-state index contributed by atoms with van der Waals surface area (Å²) in [4.78, 5) is 24.8. The molecular weight excluding hydrogens is 428 g/mol. The van der Waals surface area contributed by atoms with Gasteiger partial charge in [0.15, 0.2) is 0 Å². The van der Waals surface area contributed by atoms with E-state index in [2.05, 4.69) is 0 Å².